The molecule has 8 nitrogen and oxygen atoms in total. The first-order valence-electron chi connectivity index (χ1n) is 7.33. The lowest BCUT2D eigenvalue weighted by atomic mass is 9.95. The van der Waals surface area contributed by atoms with E-state index in [1.54, 1.807) is 18.7 Å². The van der Waals surface area contributed by atoms with Crippen LogP contribution in [0, 0.1) is 0 Å². The van der Waals surface area contributed by atoms with E-state index in [0.717, 1.165) is 5.56 Å². The fourth-order valence-electron chi connectivity index (χ4n) is 2.61. The third-order valence-electron chi connectivity index (χ3n) is 3.68. The lowest BCUT2D eigenvalue weighted by molar-refractivity contribution is -0.138. The summed E-state index contributed by atoms with van der Waals surface area (Å²) < 4.78 is 12.1. The van der Waals surface area contributed by atoms with E-state index in [1.165, 1.54) is 6.08 Å². The minimum Gasteiger partial charge on any atom is -0.497 e. The molecule has 124 valence electrons. The summed E-state index contributed by atoms with van der Waals surface area (Å²) in [5.41, 5.74) is 1.89. The summed E-state index contributed by atoms with van der Waals surface area (Å²) in [4.78, 5) is 12.6. The van der Waals surface area contributed by atoms with Crippen LogP contribution in [0.5, 0.6) is 5.75 Å². The Morgan fingerprint density at radius 2 is 2.33 bits per heavy atom. The maximum absolute atomic E-state index is 12.6. The molecule has 2 aromatic rings. The third-order valence-corrected chi connectivity index (χ3v) is 3.68. The number of nitrogens with zero attached hydrogens (tertiary/aromatic N) is 4. The van der Waals surface area contributed by atoms with Gasteiger partial charge < -0.3 is 14.8 Å². The average molecular weight is 327 g/mol. The lowest BCUT2D eigenvalue weighted by Crippen LogP contribution is -2.29. The molecule has 0 unspecified atom stereocenters. The smallest absolute Gasteiger partial charge is 0.338 e. The van der Waals surface area contributed by atoms with Crippen molar-refractivity contribution >= 4 is 11.9 Å². The Bertz CT molecular complexity index is 812. The number of tetrazole rings is 1. The van der Waals surface area contributed by atoms with Gasteiger partial charge in [-0.15, -0.1) is 0 Å². The predicted molar refractivity (Wildman–Crippen MR) is 86.4 cm³/mol. The number of aromatic nitrogens is 4. The van der Waals surface area contributed by atoms with E-state index in [1.807, 2.05) is 24.3 Å². The fraction of sp³-hybridized carbons (Fsp3) is 0.250. The molecule has 0 aliphatic carbocycles. The van der Waals surface area contributed by atoms with Crippen molar-refractivity contribution in [2.45, 2.75) is 13.0 Å². The highest BCUT2D eigenvalue weighted by Gasteiger charge is 2.35. The van der Waals surface area contributed by atoms with Crippen LogP contribution in [0.3, 0.4) is 0 Å². The number of benzene rings is 1. The van der Waals surface area contributed by atoms with E-state index < -0.39 is 12.0 Å². The van der Waals surface area contributed by atoms with Gasteiger partial charge in [0.2, 0.25) is 5.95 Å². The number of esters is 1. The van der Waals surface area contributed by atoms with E-state index >= 15 is 0 Å². The normalized spacial score (nSPS) is 16.2. The molecule has 1 aromatic heterocycles. The number of anilines is 1. The van der Waals surface area contributed by atoms with E-state index in [4.69, 9.17) is 9.47 Å². The van der Waals surface area contributed by atoms with Crippen molar-refractivity contribution in [2.75, 3.05) is 19.0 Å². The molecule has 1 N–H and O–H groups in total. The number of allylic oxidation sites excluding steroid dienone is 1. The van der Waals surface area contributed by atoms with E-state index in [0.29, 0.717) is 23.0 Å². The zero-order valence-corrected chi connectivity index (χ0v) is 13.4. The average Bonchev–Trinajstić information content (AvgIpc) is 3.06. The minimum absolute atomic E-state index is 0.128. The van der Waals surface area contributed by atoms with Gasteiger partial charge in [-0.3, -0.25) is 0 Å². The third kappa shape index (κ3) is 2.73. The summed E-state index contributed by atoms with van der Waals surface area (Å²) in [7, 11) is 1.59. The number of rotatable bonds is 5. The molecule has 1 aliphatic heterocycles. The summed E-state index contributed by atoms with van der Waals surface area (Å²) in [6, 6.07) is 6.90. The summed E-state index contributed by atoms with van der Waals surface area (Å²) in [6.07, 6.45) is 1.52. The van der Waals surface area contributed by atoms with Crippen molar-refractivity contribution in [3.05, 3.63) is 53.8 Å². The number of hydrogen-bond donors (Lipinski definition) is 1. The SMILES string of the molecule is C=CCOC(=O)C1=C(C)Nc2nnnn2[C@H]1c1cccc(OC)c1. The van der Waals surface area contributed by atoms with Crippen molar-refractivity contribution in [1.29, 1.82) is 0 Å². The van der Waals surface area contributed by atoms with Gasteiger partial charge in [-0.25, -0.2) is 4.79 Å². The molecule has 0 amide bonds. The highest BCUT2D eigenvalue weighted by molar-refractivity contribution is 5.92. The minimum atomic E-state index is -0.510. The van der Waals surface area contributed by atoms with Crippen LogP contribution < -0.4 is 10.1 Å². The lowest BCUT2D eigenvalue weighted by Gasteiger charge is -2.27. The number of methoxy groups -OCH3 is 1. The van der Waals surface area contributed by atoms with Gasteiger partial charge in [0.15, 0.2) is 0 Å². The van der Waals surface area contributed by atoms with E-state index in [9.17, 15) is 4.79 Å². The van der Waals surface area contributed by atoms with E-state index in [-0.39, 0.29) is 6.61 Å². The monoisotopic (exact) mass is 327 g/mol. The molecule has 8 heteroatoms. The standard InChI is InChI=1S/C16H17N5O3/c1-4-8-24-15(22)13-10(2)17-16-18-19-20-21(16)14(13)11-6-5-7-12(9-11)23-3/h4-7,9,14H,1,8H2,2-3H3,(H,17,18,20)/t14-/m0/s1. The maximum atomic E-state index is 12.6. The zero-order valence-electron chi connectivity index (χ0n) is 13.4. The number of carbonyl (C=O) groups is 1. The molecule has 3 rings (SSSR count). The second kappa shape index (κ2) is 6.53. The Morgan fingerprint density at radius 1 is 1.50 bits per heavy atom. The first-order chi connectivity index (χ1) is 11.7. The second-order valence-electron chi connectivity index (χ2n) is 5.18. The molecule has 0 spiro atoms. The van der Waals surface area contributed by atoms with Gasteiger partial charge in [0.1, 0.15) is 18.4 Å². The van der Waals surface area contributed by atoms with Gasteiger partial charge in [0.25, 0.3) is 0 Å². The molecule has 1 aliphatic rings. The molecule has 0 radical (unpaired) electrons. The number of nitrogens with one attached hydrogen (secondary N) is 1. The Kier molecular flexibility index (Phi) is 4.28. The number of carbonyl (C=O) groups excluding carboxylic acids is 1. The van der Waals surface area contributed by atoms with Gasteiger partial charge in [0.05, 0.1) is 12.7 Å². The molecule has 1 atom stereocenters. The van der Waals surface area contributed by atoms with Crippen molar-refractivity contribution in [1.82, 2.24) is 20.2 Å². The Balaban J connectivity index is 2.10. The molecule has 2 heterocycles. The Labute approximate surface area is 138 Å². The van der Waals surface area contributed by atoms with Crippen LogP contribution >= 0.6 is 0 Å². The van der Waals surface area contributed by atoms with Crippen LogP contribution in [0.2, 0.25) is 0 Å². The van der Waals surface area contributed by atoms with Crippen LogP contribution in [0.25, 0.3) is 0 Å². The van der Waals surface area contributed by atoms with Gasteiger partial charge in [-0.1, -0.05) is 29.9 Å². The van der Waals surface area contributed by atoms with Crippen LogP contribution in [-0.4, -0.2) is 39.9 Å². The van der Waals surface area contributed by atoms with Crippen LogP contribution in [0.4, 0.5) is 5.95 Å². The molecule has 0 bridgehead atoms. The molecular formula is C16H17N5O3. The number of ether oxygens (including phenoxy) is 2. The largest absolute Gasteiger partial charge is 0.497 e. The summed E-state index contributed by atoms with van der Waals surface area (Å²) in [5.74, 6) is 0.687. The van der Waals surface area contributed by atoms with Crippen LogP contribution in [-0.2, 0) is 9.53 Å². The first kappa shape index (κ1) is 15.7. The van der Waals surface area contributed by atoms with Crippen LogP contribution in [0.1, 0.15) is 18.5 Å². The Hall–Kier alpha value is -3.16. The summed E-state index contributed by atoms with van der Waals surface area (Å²) in [6.45, 7) is 5.48. The van der Waals surface area contributed by atoms with Crippen molar-refractivity contribution in [2.24, 2.45) is 0 Å². The Morgan fingerprint density at radius 3 is 3.08 bits per heavy atom. The number of fused-ring (bicyclic) bond motifs is 1. The predicted octanol–water partition coefficient (Wildman–Crippen LogP) is 1.70. The van der Waals surface area contributed by atoms with Gasteiger partial charge in [0, 0.05) is 5.70 Å². The van der Waals surface area contributed by atoms with Gasteiger partial charge in [-0.2, -0.15) is 4.68 Å². The number of hydrogen-bond acceptors (Lipinski definition) is 7. The van der Waals surface area contributed by atoms with Crippen molar-refractivity contribution in [3.63, 3.8) is 0 Å². The highest BCUT2D eigenvalue weighted by atomic mass is 16.5. The van der Waals surface area contributed by atoms with Crippen LogP contribution in [0.15, 0.2) is 48.2 Å². The van der Waals surface area contributed by atoms with Gasteiger partial charge in [-0.05, 0) is 35.0 Å². The summed E-state index contributed by atoms with van der Waals surface area (Å²) >= 11 is 0. The zero-order chi connectivity index (χ0) is 17.1. The summed E-state index contributed by atoms with van der Waals surface area (Å²) in [5, 5.41) is 14.7. The van der Waals surface area contributed by atoms with Crippen molar-refractivity contribution in [3.8, 4) is 5.75 Å². The fourth-order valence-corrected chi connectivity index (χ4v) is 2.61. The maximum Gasteiger partial charge on any atom is 0.338 e. The molecule has 0 fully saturated rings. The van der Waals surface area contributed by atoms with E-state index in [2.05, 4.69) is 27.4 Å². The topological polar surface area (TPSA) is 91.2 Å². The molecule has 24 heavy (non-hydrogen) atoms. The van der Waals surface area contributed by atoms with Crippen molar-refractivity contribution < 1.29 is 14.3 Å². The molecule has 1 aromatic carbocycles. The quantitative estimate of drug-likeness (QED) is 0.660. The van der Waals surface area contributed by atoms with Gasteiger partial charge >= 0.3 is 5.97 Å². The first-order valence-corrected chi connectivity index (χ1v) is 7.33. The molecular weight excluding hydrogens is 310 g/mol. The second-order valence-corrected chi connectivity index (χ2v) is 5.18. The molecule has 0 saturated carbocycles. The molecule has 0 saturated heterocycles. The highest BCUT2D eigenvalue weighted by Crippen LogP contribution is 2.35.